The fraction of sp³-hybridized carbons (Fsp3) is 0.286. The molecular formula is C21H23N3O3S. The lowest BCUT2D eigenvalue weighted by molar-refractivity contribution is -0.118. The molecule has 0 radical (unpaired) electrons. The van der Waals surface area contributed by atoms with Crippen molar-refractivity contribution in [3.63, 3.8) is 0 Å². The molecular weight excluding hydrogens is 374 g/mol. The van der Waals surface area contributed by atoms with Gasteiger partial charge in [0.25, 0.3) is 0 Å². The predicted molar refractivity (Wildman–Crippen MR) is 110 cm³/mol. The number of benzene rings is 2. The van der Waals surface area contributed by atoms with Crippen LogP contribution in [0.4, 0.5) is 0 Å². The van der Waals surface area contributed by atoms with E-state index in [4.69, 9.17) is 9.26 Å². The highest BCUT2D eigenvalue weighted by molar-refractivity contribution is 7.99. The highest BCUT2D eigenvalue weighted by Gasteiger charge is 2.10. The molecule has 3 rings (SSSR count). The minimum absolute atomic E-state index is 0.0392. The molecule has 0 aliphatic rings. The maximum Gasteiger partial charge on any atom is 0.236 e. The van der Waals surface area contributed by atoms with E-state index in [0.717, 1.165) is 23.3 Å². The summed E-state index contributed by atoms with van der Waals surface area (Å²) in [6.45, 7) is 2.58. The van der Waals surface area contributed by atoms with Gasteiger partial charge in [-0.15, -0.1) is 11.8 Å². The Bertz CT molecular complexity index is 909. The number of rotatable bonds is 9. The number of methoxy groups -OCH3 is 1. The normalized spacial score (nSPS) is 10.6. The van der Waals surface area contributed by atoms with Crippen molar-refractivity contribution in [3.8, 4) is 17.1 Å². The molecule has 0 aliphatic heterocycles. The molecule has 0 fully saturated rings. The molecule has 0 atom stereocenters. The van der Waals surface area contributed by atoms with Crippen molar-refractivity contribution >= 4 is 17.7 Å². The Labute approximate surface area is 168 Å². The topological polar surface area (TPSA) is 77.2 Å². The average molecular weight is 398 g/mol. The summed E-state index contributed by atoms with van der Waals surface area (Å²) < 4.78 is 10.5. The molecule has 1 aromatic heterocycles. The van der Waals surface area contributed by atoms with Gasteiger partial charge in [-0.1, -0.05) is 48.5 Å². The molecule has 146 valence electrons. The molecule has 7 heteroatoms. The largest absolute Gasteiger partial charge is 0.497 e. The Kier molecular flexibility index (Phi) is 7.08. The Morgan fingerprint density at radius 2 is 2.00 bits per heavy atom. The zero-order chi connectivity index (χ0) is 19.8. The van der Waals surface area contributed by atoms with Gasteiger partial charge in [-0.25, -0.2) is 0 Å². The first-order valence-electron chi connectivity index (χ1n) is 9.07. The van der Waals surface area contributed by atoms with Gasteiger partial charge in [-0.2, -0.15) is 4.98 Å². The molecule has 3 aromatic rings. The number of nitrogens with one attached hydrogen (secondary N) is 1. The third kappa shape index (κ3) is 5.60. The Morgan fingerprint density at radius 1 is 1.18 bits per heavy atom. The van der Waals surface area contributed by atoms with Gasteiger partial charge in [0.15, 0.2) is 0 Å². The molecule has 0 saturated carbocycles. The molecule has 1 amide bonds. The number of hydrogen-bond donors (Lipinski definition) is 1. The minimum Gasteiger partial charge on any atom is -0.497 e. The first kappa shape index (κ1) is 19.9. The minimum atomic E-state index is -0.0392. The predicted octanol–water partition coefficient (Wildman–Crippen LogP) is 3.86. The maximum atomic E-state index is 12.0. The van der Waals surface area contributed by atoms with Gasteiger partial charge in [-0.05, 0) is 29.7 Å². The monoisotopic (exact) mass is 397 g/mol. The van der Waals surface area contributed by atoms with Crippen LogP contribution in [-0.4, -0.2) is 28.9 Å². The lowest BCUT2D eigenvalue weighted by Crippen LogP contribution is -2.24. The van der Waals surface area contributed by atoms with E-state index < -0.39 is 0 Å². The van der Waals surface area contributed by atoms with E-state index in [1.54, 1.807) is 7.11 Å². The summed E-state index contributed by atoms with van der Waals surface area (Å²) in [4.78, 5) is 16.4. The third-order valence-corrected chi connectivity index (χ3v) is 5.09. The van der Waals surface area contributed by atoms with Crippen molar-refractivity contribution < 1.29 is 14.1 Å². The number of amides is 1. The summed E-state index contributed by atoms with van der Waals surface area (Å²) in [6.07, 6.45) is 0.994. The summed E-state index contributed by atoms with van der Waals surface area (Å²) in [5, 5.41) is 6.92. The Balaban J connectivity index is 1.43. The van der Waals surface area contributed by atoms with Gasteiger partial charge in [0, 0.05) is 12.1 Å². The standard InChI is InChI=1S/C21H23N3O3S/c1-3-15-7-9-17(10-8-15)21-23-20(27-24-21)14-28-13-19(25)22-12-16-5-4-6-18(11-16)26-2/h4-11H,3,12-14H2,1-2H3,(H,22,25). The fourth-order valence-electron chi connectivity index (χ4n) is 2.59. The Hall–Kier alpha value is -2.80. The first-order valence-corrected chi connectivity index (χ1v) is 10.2. The molecule has 0 unspecified atom stereocenters. The van der Waals surface area contributed by atoms with E-state index in [1.165, 1.54) is 17.3 Å². The second kappa shape index (κ2) is 9.94. The molecule has 0 saturated heterocycles. The number of aromatic nitrogens is 2. The van der Waals surface area contributed by atoms with E-state index >= 15 is 0 Å². The summed E-state index contributed by atoms with van der Waals surface area (Å²) >= 11 is 1.44. The second-order valence-corrected chi connectivity index (χ2v) is 7.17. The van der Waals surface area contributed by atoms with E-state index in [2.05, 4.69) is 34.5 Å². The number of carbonyl (C=O) groups is 1. The first-order chi connectivity index (χ1) is 13.7. The van der Waals surface area contributed by atoms with Crippen molar-refractivity contribution in [2.24, 2.45) is 0 Å². The number of ether oxygens (including phenoxy) is 1. The number of nitrogens with zero attached hydrogens (tertiary/aromatic N) is 2. The highest BCUT2D eigenvalue weighted by Crippen LogP contribution is 2.19. The molecule has 0 spiro atoms. The van der Waals surface area contributed by atoms with E-state index in [9.17, 15) is 4.79 Å². The lowest BCUT2D eigenvalue weighted by atomic mass is 10.1. The smallest absolute Gasteiger partial charge is 0.236 e. The third-order valence-electron chi connectivity index (χ3n) is 4.17. The molecule has 28 heavy (non-hydrogen) atoms. The zero-order valence-corrected chi connectivity index (χ0v) is 16.8. The van der Waals surface area contributed by atoms with Crippen LogP contribution in [0.15, 0.2) is 53.1 Å². The van der Waals surface area contributed by atoms with Gasteiger partial charge >= 0.3 is 0 Å². The van der Waals surface area contributed by atoms with Crippen molar-refractivity contribution in [3.05, 3.63) is 65.5 Å². The van der Waals surface area contributed by atoms with Gasteiger partial charge in [-0.3, -0.25) is 4.79 Å². The Morgan fingerprint density at radius 3 is 2.75 bits per heavy atom. The average Bonchev–Trinajstić information content (AvgIpc) is 3.21. The number of hydrogen-bond acceptors (Lipinski definition) is 6. The fourth-order valence-corrected chi connectivity index (χ4v) is 3.27. The van der Waals surface area contributed by atoms with Gasteiger partial charge in [0.2, 0.25) is 17.6 Å². The second-order valence-electron chi connectivity index (χ2n) is 6.18. The molecule has 1 heterocycles. The summed E-state index contributed by atoms with van der Waals surface area (Å²) in [6, 6.07) is 15.7. The lowest BCUT2D eigenvalue weighted by Gasteiger charge is -2.06. The van der Waals surface area contributed by atoms with Crippen molar-refractivity contribution in [2.75, 3.05) is 12.9 Å². The quantitative estimate of drug-likeness (QED) is 0.591. The van der Waals surface area contributed by atoms with Crippen molar-refractivity contribution in [1.82, 2.24) is 15.5 Å². The van der Waals surface area contributed by atoms with Crippen molar-refractivity contribution in [2.45, 2.75) is 25.6 Å². The van der Waals surface area contributed by atoms with Crippen LogP contribution >= 0.6 is 11.8 Å². The molecule has 0 bridgehead atoms. The van der Waals surface area contributed by atoms with Crippen LogP contribution in [0, 0.1) is 0 Å². The van der Waals surface area contributed by atoms with Gasteiger partial charge in [0.1, 0.15) is 5.75 Å². The van der Waals surface area contributed by atoms with Crippen LogP contribution in [0.5, 0.6) is 5.75 Å². The summed E-state index contributed by atoms with van der Waals surface area (Å²) in [7, 11) is 1.62. The van der Waals surface area contributed by atoms with Crippen LogP contribution in [-0.2, 0) is 23.5 Å². The molecule has 6 nitrogen and oxygen atoms in total. The van der Waals surface area contributed by atoms with Gasteiger partial charge < -0.3 is 14.6 Å². The number of aryl methyl sites for hydroxylation is 1. The van der Waals surface area contributed by atoms with Crippen LogP contribution in [0.1, 0.15) is 23.9 Å². The maximum absolute atomic E-state index is 12.0. The van der Waals surface area contributed by atoms with Crippen LogP contribution in [0.2, 0.25) is 0 Å². The van der Waals surface area contributed by atoms with E-state index in [1.807, 2.05) is 36.4 Å². The summed E-state index contributed by atoms with van der Waals surface area (Å²) in [5.41, 5.74) is 3.18. The van der Waals surface area contributed by atoms with Crippen LogP contribution in [0.25, 0.3) is 11.4 Å². The molecule has 2 aromatic carbocycles. The number of thioether (sulfide) groups is 1. The highest BCUT2D eigenvalue weighted by atomic mass is 32.2. The summed E-state index contributed by atoms with van der Waals surface area (Å²) in [5.74, 6) is 2.64. The van der Waals surface area contributed by atoms with E-state index in [-0.39, 0.29) is 5.91 Å². The van der Waals surface area contributed by atoms with E-state index in [0.29, 0.717) is 29.8 Å². The van der Waals surface area contributed by atoms with Crippen molar-refractivity contribution in [1.29, 1.82) is 0 Å². The van der Waals surface area contributed by atoms with Crippen LogP contribution in [0.3, 0.4) is 0 Å². The molecule has 0 aliphatic carbocycles. The molecule has 1 N–H and O–H groups in total. The SMILES string of the molecule is CCc1ccc(-c2noc(CSCC(=O)NCc3cccc(OC)c3)n2)cc1. The van der Waals surface area contributed by atoms with Crippen LogP contribution < -0.4 is 10.1 Å². The number of carbonyl (C=O) groups excluding carboxylic acids is 1. The zero-order valence-electron chi connectivity index (χ0n) is 16.0. The van der Waals surface area contributed by atoms with Gasteiger partial charge in [0.05, 0.1) is 18.6 Å².